The molecular weight excluding hydrogens is 216 g/mol. The van der Waals surface area contributed by atoms with E-state index in [1.54, 1.807) is 0 Å². The average molecular weight is 240 g/mol. The fourth-order valence-corrected chi connectivity index (χ4v) is 2.81. The van der Waals surface area contributed by atoms with E-state index in [4.69, 9.17) is 16.2 Å². The molecule has 2 saturated carbocycles. The van der Waals surface area contributed by atoms with Crippen LogP contribution in [0.1, 0.15) is 44.9 Å². The molecule has 98 valence electrons. The van der Waals surface area contributed by atoms with Crippen molar-refractivity contribution in [3.05, 3.63) is 0 Å². The maximum absolute atomic E-state index is 11.4. The molecule has 4 heteroatoms. The zero-order chi connectivity index (χ0) is 12.3. The first kappa shape index (κ1) is 12.8. The van der Waals surface area contributed by atoms with Crippen LogP contribution in [0, 0.1) is 11.8 Å². The van der Waals surface area contributed by atoms with Crippen LogP contribution in [-0.2, 0) is 9.53 Å². The van der Waals surface area contributed by atoms with Crippen molar-refractivity contribution in [1.82, 2.24) is 0 Å². The van der Waals surface area contributed by atoms with E-state index in [-0.39, 0.29) is 11.8 Å². The molecule has 0 aromatic heterocycles. The molecule has 2 rings (SSSR count). The third-order valence-corrected chi connectivity index (χ3v) is 4.31. The minimum atomic E-state index is -0.778. The fraction of sp³-hybridized carbons (Fsp3) is 0.923. The van der Waals surface area contributed by atoms with Gasteiger partial charge in [-0.3, -0.25) is 4.79 Å². The monoisotopic (exact) mass is 240 g/mol. The SMILES string of the molecule is NC(=O)C1(N)CCCC1CCOCCC1CC1. The van der Waals surface area contributed by atoms with E-state index in [9.17, 15) is 4.79 Å². The molecule has 2 unspecified atom stereocenters. The first-order valence-electron chi connectivity index (χ1n) is 6.79. The molecule has 0 aromatic rings. The van der Waals surface area contributed by atoms with E-state index >= 15 is 0 Å². The van der Waals surface area contributed by atoms with Crippen LogP contribution in [-0.4, -0.2) is 24.7 Å². The standard InChI is InChI=1S/C13H24N2O2/c14-12(16)13(15)7-1-2-11(13)6-9-17-8-5-10-3-4-10/h10-11H,1-9,15H2,(H2,14,16). The Bertz CT molecular complexity index is 279. The summed E-state index contributed by atoms with van der Waals surface area (Å²) in [6, 6.07) is 0. The molecule has 0 radical (unpaired) electrons. The number of hydrogen-bond donors (Lipinski definition) is 2. The van der Waals surface area contributed by atoms with E-state index in [0.29, 0.717) is 6.61 Å². The topological polar surface area (TPSA) is 78.3 Å². The smallest absolute Gasteiger partial charge is 0.237 e. The predicted molar refractivity (Wildman–Crippen MR) is 66.2 cm³/mol. The summed E-state index contributed by atoms with van der Waals surface area (Å²) in [5.41, 5.74) is 10.7. The summed E-state index contributed by atoms with van der Waals surface area (Å²) in [6.45, 7) is 1.56. The molecule has 0 aliphatic heterocycles. The molecule has 1 amide bonds. The molecular formula is C13H24N2O2. The van der Waals surface area contributed by atoms with E-state index in [0.717, 1.165) is 38.2 Å². The van der Waals surface area contributed by atoms with Crippen molar-refractivity contribution < 1.29 is 9.53 Å². The number of hydrogen-bond acceptors (Lipinski definition) is 3. The minimum Gasteiger partial charge on any atom is -0.381 e. The summed E-state index contributed by atoms with van der Waals surface area (Å²) in [5.74, 6) is 0.777. The van der Waals surface area contributed by atoms with Crippen molar-refractivity contribution in [2.45, 2.75) is 50.5 Å². The van der Waals surface area contributed by atoms with Gasteiger partial charge in [-0.25, -0.2) is 0 Å². The summed E-state index contributed by atoms with van der Waals surface area (Å²) in [7, 11) is 0. The van der Waals surface area contributed by atoms with Crippen LogP contribution in [0.2, 0.25) is 0 Å². The fourth-order valence-electron chi connectivity index (χ4n) is 2.81. The van der Waals surface area contributed by atoms with Crippen molar-refractivity contribution in [3.8, 4) is 0 Å². The number of ether oxygens (including phenoxy) is 1. The van der Waals surface area contributed by atoms with Crippen LogP contribution >= 0.6 is 0 Å². The molecule has 0 aromatic carbocycles. The maximum atomic E-state index is 11.4. The summed E-state index contributed by atoms with van der Waals surface area (Å²) >= 11 is 0. The Morgan fingerprint density at radius 3 is 2.59 bits per heavy atom. The van der Waals surface area contributed by atoms with E-state index in [2.05, 4.69) is 0 Å². The number of primary amides is 1. The van der Waals surface area contributed by atoms with Gasteiger partial charge in [-0.05, 0) is 37.5 Å². The van der Waals surface area contributed by atoms with Gasteiger partial charge in [-0.15, -0.1) is 0 Å². The number of carbonyl (C=O) groups is 1. The third kappa shape index (κ3) is 3.19. The van der Waals surface area contributed by atoms with Gasteiger partial charge >= 0.3 is 0 Å². The molecule has 2 atom stereocenters. The Labute approximate surface area is 103 Å². The van der Waals surface area contributed by atoms with Gasteiger partial charge in [0.05, 0.1) is 5.54 Å². The summed E-state index contributed by atoms with van der Waals surface area (Å²) < 4.78 is 5.61. The van der Waals surface area contributed by atoms with Gasteiger partial charge in [0.1, 0.15) is 0 Å². The second-order valence-corrected chi connectivity index (χ2v) is 5.63. The number of rotatable bonds is 7. The highest BCUT2D eigenvalue weighted by Gasteiger charge is 2.43. The van der Waals surface area contributed by atoms with Gasteiger partial charge in [0, 0.05) is 13.2 Å². The van der Waals surface area contributed by atoms with Gasteiger partial charge in [-0.1, -0.05) is 19.3 Å². The molecule has 0 saturated heterocycles. The highest BCUT2D eigenvalue weighted by atomic mass is 16.5. The lowest BCUT2D eigenvalue weighted by atomic mass is 9.85. The summed E-state index contributed by atoms with van der Waals surface area (Å²) in [4.78, 5) is 11.4. The minimum absolute atomic E-state index is 0.209. The summed E-state index contributed by atoms with van der Waals surface area (Å²) in [6.07, 6.45) is 7.55. The Morgan fingerprint density at radius 1 is 1.24 bits per heavy atom. The van der Waals surface area contributed by atoms with Crippen LogP contribution in [0.4, 0.5) is 0 Å². The van der Waals surface area contributed by atoms with Crippen LogP contribution < -0.4 is 11.5 Å². The second kappa shape index (κ2) is 5.36. The number of amides is 1. The molecule has 17 heavy (non-hydrogen) atoms. The van der Waals surface area contributed by atoms with Crippen molar-refractivity contribution in [2.24, 2.45) is 23.3 Å². The lowest BCUT2D eigenvalue weighted by Gasteiger charge is -2.27. The van der Waals surface area contributed by atoms with Gasteiger partial charge in [0.2, 0.25) is 5.91 Å². The highest BCUT2D eigenvalue weighted by molar-refractivity contribution is 5.85. The molecule has 4 N–H and O–H groups in total. The Morgan fingerprint density at radius 2 is 1.94 bits per heavy atom. The Kier molecular flexibility index (Phi) is 4.05. The predicted octanol–water partition coefficient (Wildman–Crippen LogP) is 1.18. The average Bonchev–Trinajstić information content (AvgIpc) is 3.03. The molecule has 4 nitrogen and oxygen atoms in total. The number of nitrogens with two attached hydrogens (primary N) is 2. The van der Waals surface area contributed by atoms with E-state index < -0.39 is 5.54 Å². The quantitative estimate of drug-likeness (QED) is 0.656. The first-order valence-corrected chi connectivity index (χ1v) is 6.79. The van der Waals surface area contributed by atoms with Crippen LogP contribution in [0.15, 0.2) is 0 Å². The molecule has 2 aliphatic rings. The molecule has 2 aliphatic carbocycles. The summed E-state index contributed by atoms with van der Waals surface area (Å²) in [5, 5.41) is 0. The number of carbonyl (C=O) groups excluding carboxylic acids is 1. The van der Waals surface area contributed by atoms with Gasteiger partial charge in [0.25, 0.3) is 0 Å². The van der Waals surface area contributed by atoms with E-state index in [1.165, 1.54) is 19.3 Å². The lowest BCUT2D eigenvalue weighted by Crippen LogP contribution is -2.54. The van der Waals surface area contributed by atoms with Gasteiger partial charge in [-0.2, -0.15) is 0 Å². The largest absolute Gasteiger partial charge is 0.381 e. The Hall–Kier alpha value is -0.610. The van der Waals surface area contributed by atoms with Crippen molar-refractivity contribution >= 4 is 5.91 Å². The molecule has 0 spiro atoms. The van der Waals surface area contributed by atoms with Crippen LogP contribution in [0.25, 0.3) is 0 Å². The molecule has 2 fully saturated rings. The molecule has 0 heterocycles. The normalized spacial score (nSPS) is 32.9. The van der Waals surface area contributed by atoms with Crippen molar-refractivity contribution in [3.63, 3.8) is 0 Å². The van der Waals surface area contributed by atoms with Crippen molar-refractivity contribution in [1.29, 1.82) is 0 Å². The zero-order valence-electron chi connectivity index (χ0n) is 10.5. The first-order chi connectivity index (χ1) is 8.13. The van der Waals surface area contributed by atoms with Gasteiger partial charge < -0.3 is 16.2 Å². The lowest BCUT2D eigenvalue weighted by molar-refractivity contribution is -0.124. The second-order valence-electron chi connectivity index (χ2n) is 5.63. The van der Waals surface area contributed by atoms with E-state index in [1.807, 2.05) is 0 Å². The molecule has 0 bridgehead atoms. The van der Waals surface area contributed by atoms with Gasteiger partial charge in [0.15, 0.2) is 0 Å². The zero-order valence-corrected chi connectivity index (χ0v) is 10.5. The van der Waals surface area contributed by atoms with Crippen molar-refractivity contribution in [2.75, 3.05) is 13.2 Å². The maximum Gasteiger partial charge on any atom is 0.237 e. The third-order valence-electron chi connectivity index (χ3n) is 4.31. The van der Waals surface area contributed by atoms with Crippen LogP contribution in [0.5, 0.6) is 0 Å². The van der Waals surface area contributed by atoms with Crippen LogP contribution in [0.3, 0.4) is 0 Å². The highest BCUT2D eigenvalue weighted by Crippen LogP contribution is 2.36. The Balaban J connectivity index is 1.65.